The third-order valence-corrected chi connectivity index (χ3v) is 3.69. The first-order chi connectivity index (χ1) is 9.11. The Morgan fingerprint density at radius 2 is 1.95 bits per heavy atom. The standard InChI is InChI=1S/C15H24N2O2/c1-3-6-16-8-12-4-5-13(7-11(12)2)17-9-14(18)15(19)10-17/h4-5,7,14-16,18-19H,3,6,8-10H2,1-2H3. The molecule has 0 saturated carbocycles. The molecule has 19 heavy (non-hydrogen) atoms. The van der Waals surface area contributed by atoms with Crippen molar-refractivity contribution >= 4 is 5.69 Å². The zero-order valence-corrected chi connectivity index (χ0v) is 11.8. The molecule has 2 unspecified atom stereocenters. The van der Waals surface area contributed by atoms with Gasteiger partial charge in [0.1, 0.15) is 0 Å². The van der Waals surface area contributed by atoms with E-state index < -0.39 is 12.2 Å². The molecule has 1 aromatic carbocycles. The zero-order chi connectivity index (χ0) is 13.8. The lowest BCUT2D eigenvalue weighted by atomic mass is 10.1. The molecule has 0 aromatic heterocycles. The van der Waals surface area contributed by atoms with E-state index in [9.17, 15) is 10.2 Å². The highest BCUT2D eigenvalue weighted by atomic mass is 16.3. The molecule has 0 aliphatic carbocycles. The van der Waals surface area contributed by atoms with Crippen LogP contribution in [0, 0.1) is 6.92 Å². The molecule has 2 atom stereocenters. The minimum absolute atomic E-state index is 0.508. The summed E-state index contributed by atoms with van der Waals surface area (Å²) in [5, 5.41) is 22.6. The summed E-state index contributed by atoms with van der Waals surface area (Å²) in [4.78, 5) is 2.03. The molecule has 1 fully saturated rings. The van der Waals surface area contributed by atoms with Gasteiger partial charge in [0.15, 0.2) is 0 Å². The fraction of sp³-hybridized carbons (Fsp3) is 0.600. The summed E-state index contributed by atoms with van der Waals surface area (Å²) in [5.41, 5.74) is 3.63. The molecule has 2 rings (SSSR count). The average molecular weight is 264 g/mol. The van der Waals surface area contributed by atoms with Crippen LogP contribution in [0.3, 0.4) is 0 Å². The highest BCUT2D eigenvalue weighted by molar-refractivity contribution is 5.52. The third-order valence-electron chi connectivity index (χ3n) is 3.69. The largest absolute Gasteiger partial charge is 0.389 e. The second-order valence-corrected chi connectivity index (χ2v) is 5.33. The molecule has 0 bridgehead atoms. The second-order valence-electron chi connectivity index (χ2n) is 5.33. The average Bonchev–Trinajstić information content (AvgIpc) is 2.72. The van der Waals surface area contributed by atoms with Gasteiger partial charge in [-0.1, -0.05) is 13.0 Å². The van der Waals surface area contributed by atoms with Crippen molar-refractivity contribution in [1.29, 1.82) is 0 Å². The SMILES string of the molecule is CCCNCc1ccc(N2CC(O)C(O)C2)cc1C. The maximum absolute atomic E-state index is 9.59. The van der Waals surface area contributed by atoms with Crippen molar-refractivity contribution in [3.05, 3.63) is 29.3 Å². The van der Waals surface area contributed by atoms with E-state index in [1.807, 2.05) is 4.90 Å². The van der Waals surface area contributed by atoms with Crippen LogP contribution in [-0.2, 0) is 6.54 Å². The Labute approximate surface area is 115 Å². The van der Waals surface area contributed by atoms with Crippen LogP contribution in [0.25, 0.3) is 0 Å². The van der Waals surface area contributed by atoms with Gasteiger partial charge in [0.05, 0.1) is 12.2 Å². The Kier molecular flexibility index (Phi) is 4.80. The van der Waals surface area contributed by atoms with Crippen LogP contribution in [0.2, 0.25) is 0 Å². The van der Waals surface area contributed by atoms with Gasteiger partial charge < -0.3 is 20.4 Å². The highest BCUT2D eigenvalue weighted by Crippen LogP contribution is 2.23. The molecule has 1 aromatic rings. The monoisotopic (exact) mass is 264 g/mol. The molecule has 106 valence electrons. The van der Waals surface area contributed by atoms with Crippen LogP contribution in [-0.4, -0.2) is 42.1 Å². The van der Waals surface area contributed by atoms with Crippen LogP contribution < -0.4 is 10.2 Å². The van der Waals surface area contributed by atoms with Gasteiger partial charge in [0.2, 0.25) is 0 Å². The number of nitrogens with one attached hydrogen (secondary N) is 1. The number of aliphatic hydroxyl groups excluding tert-OH is 2. The molecule has 4 nitrogen and oxygen atoms in total. The molecule has 4 heteroatoms. The summed E-state index contributed by atoms with van der Waals surface area (Å²) in [5.74, 6) is 0. The second kappa shape index (κ2) is 6.37. The molecule has 0 spiro atoms. The van der Waals surface area contributed by atoms with Gasteiger partial charge in [-0.15, -0.1) is 0 Å². The molecule has 1 saturated heterocycles. The number of aryl methyl sites for hydroxylation is 1. The lowest BCUT2D eigenvalue weighted by molar-refractivity contribution is 0.0572. The van der Waals surface area contributed by atoms with Crippen molar-refractivity contribution in [2.75, 3.05) is 24.5 Å². The number of benzene rings is 1. The van der Waals surface area contributed by atoms with Crippen molar-refractivity contribution in [3.63, 3.8) is 0 Å². The number of hydrogen-bond donors (Lipinski definition) is 3. The molecule has 0 radical (unpaired) electrons. The molecule has 1 heterocycles. The summed E-state index contributed by atoms with van der Waals surface area (Å²) >= 11 is 0. The van der Waals surface area contributed by atoms with Crippen molar-refractivity contribution in [2.45, 2.75) is 39.0 Å². The minimum Gasteiger partial charge on any atom is -0.389 e. The molecule has 1 aliphatic rings. The molecule has 1 aliphatic heterocycles. The summed E-state index contributed by atoms with van der Waals surface area (Å²) in [6.45, 7) is 7.21. The van der Waals surface area contributed by atoms with E-state index in [2.05, 4.69) is 37.4 Å². The Bertz CT molecular complexity index is 413. The first-order valence-corrected chi connectivity index (χ1v) is 7.03. The number of anilines is 1. The smallest absolute Gasteiger partial charge is 0.0990 e. The first-order valence-electron chi connectivity index (χ1n) is 7.03. The number of hydrogen-bond acceptors (Lipinski definition) is 4. The minimum atomic E-state index is -0.633. The number of aliphatic hydroxyl groups is 2. The quantitative estimate of drug-likeness (QED) is 0.696. The third kappa shape index (κ3) is 3.47. The maximum atomic E-state index is 9.59. The first kappa shape index (κ1) is 14.3. The van der Waals surface area contributed by atoms with Crippen LogP contribution >= 0.6 is 0 Å². The zero-order valence-electron chi connectivity index (χ0n) is 11.8. The summed E-state index contributed by atoms with van der Waals surface area (Å²) in [6, 6.07) is 6.33. The molecular formula is C15H24N2O2. The van der Waals surface area contributed by atoms with Gasteiger partial charge in [0.25, 0.3) is 0 Å². The lowest BCUT2D eigenvalue weighted by Gasteiger charge is -2.19. The van der Waals surface area contributed by atoms with E-state index in [0.29, 0.717) is 13.1 Å². The van der Waals surface area contributed by atoms with Gasteiger partial charge in [-0.3, -0.25) is 0 Å². The highest BCUT2D eigenvalue weighted by Gasteiger charge is 2.29. The van der Waals surface area contributed by atoms with E-state index in [-0.39, 0.29) is 0 Å². The predicted molar refractivity (Wildman–Crippen MR) is 77.4 cm³/mol. The molecule has 3 N–H and O–H groups in total. The Hall–Kier alpha value is -1.10. The van der Waals surface area contributed by atoms with E-state index in [1.165, 1.54) is 11.1 Å². The normalized spacial score (nSPS) is 23.1. The van der Waals surface area contributed by atoms with Gasteiger partial charge in [-0.2, -0.15) is 0 Å². The van der Waals surface area contributed by atoms with E-state index in [4.69, 9.17) is 0 Å². The van der Waals surface area contributed by atoms with E-state index in [1.54, 1.807) is 0 Å². The van der Waals surface area contributed by atoms with Crippen molar-refractivity contribution in [2.24, 2.45) is 0 Å². The Morgan fingerprint density at radius 3 is 2.53 bits per heavy atom. The summed E-state index contributed by atoms with van der Waals surface area (Å²) < 4.78 is 0. The fourth-order valence-corrected chi connectivity index (χ4v) is 2.46. The summed E-state index contributed by atoms with van der Waals surface area (Å²) in [7, 11) is 0. The number of nitrogens with zero attached hydrogens (tertiary/aromatic N) is 1. The van der Waals surface area contributed by atoms with Gasteiger partial charge in [-0.05, 0) is 43.1 Å². The van der Waals surface area contributed by atoms with Crippen LogP contribution in [0.5, 0.6) is 0 Å². The lowest BCUT2D eigenvalue weighted by Crippen LogP contribution is -2.22. The summed E-state index contributed by atoms with van der Waals surface area (Å²) in [6.07, 6.45) is -0.127. The van der Waals surface area contributed by atoms with Gasteiger partial charge in [0, 0.05) is 25.3 Å². The predicted octanol–water partition coefficient (Wildman–Crippen LogP) is 1.04. The molecule has 0 amide bonds. The van der Waals surface area contributed by atoms with Crippen LogP contribution in [0.4, 0.5) is 5.69 Å². The van der Waals surface area contributed by atoms with Gasteiger partial charge >= 0.3 is 0 Å². The van der Waals surface area contributed by atoms with E-state index >= 15 is 0 Å². The van der Waals surface area contributed by atoms with Crippen LogP contribution in [0.1, 0.15) is 24.5 Å². The number of β-amino-alcohol motifs (C(OH)–C–C–N with tert-alkyl or cyclic N) is 2. The van der Waals surface area contributed by atoms with E-state index in [0.717, 1.165) is 25.2 Å². The maximum Gasteiger partial charge on any atom is 0.0990 e. The number of rotatable bonds is 5. The molecular weight excluding hydrogens is 240 g/mol. The Morgan fingerprint density at radius 1 is 1.26 bits per heavy atom. The van der Waals surface area contributed by atoms with Crippen molar-refractivity contribution in [3.8, 4) is 0 Å². The van der Waals surface area contributed by atoms with Crippen molar-refractivity contribution < 1.29 is 10.2 Å². The van der Waals surface area contributed by atoms with Crippen molar-refractivity contribution in [1.82, 2.24) is 5.32 Å². The topological polar surface area (TPSA) is 55.7 Å². The van der Waals surface area contributed by atoms with Gasteiger partial charge in [-0.25, -0.2) is 0 Å². The Balaban J connectivity index is 2.02. The van der Waals surface area contributed by atoms with Crippen LogP contribution in [0.15, 0.2) is 18.2 Å². The fourth-order valence-electron chi connectivity index (χ4n) is 2.46.